The molecule has 0 saturated carbocycles. The molecule has 0 spiro atoms. The molecule has 0 heterocycles. The van der Waals surface area contributed by atoms with Crippen LogP contribution >= 0.6 is 27.7 Å². The van der Waals surface area contributed by atoms with Crippen molar-refractivity contribution in [2.45, 2.75) is 19.5 Å². The normalized spacial score (nSPS) is 13.1. The third-order valence-electron chi connectivity index (χ3n) is 1.00. The van der Waals surface area contributed by atoms with Crippen molar-refractivity contribution in [3.8, 4) is 0 Å². The summed E-state index contributed by atoms with van der Waals surface area (Å²) in [5.41, 5.74) is 0. The van der Waals surface area contributed by atoms with E-state index < -0.39 is 6.17 Å². The first kappa shape index (κ1) is 10.5. The van der Waals surface area contributed by atoms with Crippen LogP contribution in [0.4, 0.5) is 4.39 Å². The molecular weight excluding hydrogens is 215 g/mol. The van der Waals surface area contributed by atoms with Gasteiger partial charge in [-0.2, -0.15) is 11.8 Å². The molecule has 0 aromatic heterocycles. The Morgan fingerprint density at radius 3 is 2.80 bits per heavy atom. The van der Waals surface area contributed by atoms with Crippen molar-refractivity contribution in [3.05, 3.63) is 11.1 Å². The predicted octanol–water partition coefficient (Wildman–Crippen LogP) is 3.38. The molecule has 1 atom stereocenters. The molecule has 3 heteroatoms. The molecule has 0 radical (unpaired) electrons. The number of hydrogen-bond acceptors (Lipinski definition) is 1. The average Bonchev–Trinajstić information content (AvgIpc) is 1.87. The van der Waals surface area contributed by atoms with Crippen LogP contribution in [-0.2, 0) is 0 Å². The summed E-state index contributed by atoms with van der Waals surface area (Å²) in [5, 5.41) is 0. The summed E-state index contributed by atoms with van der Waals surface area (Å²) >= 11 is 4.78. The van der Waals surface area contributed by atoms with Gasteiger partial charge in [0.15, 0.2) is 0 Å². The maximum atomic E-state index is 12.5. The highest BCUT2D eigenvalue weighted by Crippen LogP contribution is 2.14. The van der Waals surface area contributed by atoms with E-state index in [1.165, 1.54) is 0 Å². The molecule has 0 nitrogen and oxygen atoms in total. The second-order valence-electron chi connectivity index (χ2n) is 2.04. The molecular formula is C7H12BrFS. The van der Waals surface area contributed by atoms with Crippen molar-refractivity contribution in [1.82, 2.24) is 0 Å². The Labute approximate surface area is 74.4 Å². The lowest BCUT2D eigenvalue weighted by Gasteiger charge is -2.02. The maximum absolute atomic E-state index is 12.5. The molecule has 0 aromatic rings. The molecule has 0 N–H and O–H groups in total. The zero-order valence-corrected chi connectivity index (χ0v) is 8.47. The van der Waals surface area contributed by atoms with E-state index in [9.17, 15) is 4.39 Å². The van der Waals surface area contributed by atoms with Gasteiger partial charge >= 0.3 is 0 Å². The van der Waals surface area contributed by atoms with Gasteiger partial charge in [-0.15, -0.1) is 0 Å². The highest BCUT2D eigenvalue weighted by molar-refractivity contribution is 9.11. The Hall–Kier alpha value is 0.500. The van der Waals surface area contributed by atoms with Gasteiger partial charge in [0.2, 0.25) is 0 Å². The minimum Gasteiger partial charge on any atom is -0.247 e. The monoisotopic (exact) mass is 226 g/mol. The van der Waals surface area contributed by atoms with Gasteiger partial charge in [0.25, 0.3) is 0 Å². The number of thioether (sulfide) groups is 1. The lowest BCUT2D eigenvalue weighted by molar-refractivity contribution is 0.359. The number of alkyl halides is 1. The van der Waals surface area contributed by atoms with E-state index in [1.54, 1.807) is 11.8 Å². The van der Waals surface area contributed by atoms with Crippen molar-refractivity contribution in [2.24, 2.45) is 0 Å². The topological polar surface area (TPSA) is 0 Å². The minimum absolute atomic E-state index is 0.584. The highest BCUT2D eigenvalue weighted by atomic mass is 79.9. The van der Waals surface area contributed by atoms with E-state index in [0.29, 0.717) is 12.2 Å². The Morgan fingerprint density at radius 1 is 1.80 bits per heavy atom. The van der Waals surface area contributed by atoms with E-state index in [2.05, 4.69) is 22.5 Å². The van der Waals surface area contributed by atoms with Crippen molar-refractivity contribution < 1.29 is 4.39 Å². The SMILES string of the molecule is C=C(Br)CSCC(F)CC. The minimum atomic E-state index is -0.656. The van der Waals surface area contributed by atoms with Gasteiger partial charge in [0, 0.05) is 11.5 Å². The van der Waals surface area contributed by atoms with Gasteiger partial charge in [0.1, 0.15) is 6.17 Å². The third kappa shape index (κ3) is 6.62. The van der Waals surface area contributed by atoms with E-state index in [4.69, 9.17) is 0 Å². The van der Waals surface area contributed by atoms with Crippen LogP contribution in [0.15, 0.2) is 11.1 Å². The predicted molar refractivity (Wildman–Crippen MR) is 50.6 cm³/mol. The Kier molecular flexibility index (Phi) is 6.54. The summed E-state index contributed by atoms with van der Waals surface area (Å²) in [7, 11) is 0. The zero-order valence-electron chi connectivity index (χ0n) is 6.07. The third-order valence-corrected chi connectivity index (χ3v) is 2.80. The van der Waals surface area contributed by atoms with Crippen molar-refractivity contribution in [3.63, 3.8) is 0 Å². The van der Waals surface area contributed by atoms with Crippen molar-refractivity contribution in [1.29, 1.82) is 0 Å². The van der Waals surface area contributed by atoms with Crippen LogP contribution in [0, 0.1) is 0 Å². The largest absolute Gasteiger partial charge is 0.247 e. The average molecular weight is 227 g/mol. The van der Waals surface area contributed by atoms with Gasteiger partial charge in [-0.3, -0.25) is 0 Å². The van der Waals surface area contributed by atoms with Gasteiger partial charge in [-0.25, -0.2) is 4.39 Å². The lowest BCUT2D eigenvalue weighted by Crippen LogP contribution is -2.01. The molecule has 0 rings (SSSR count). The molecule has 1 unspecified atom stereocenters. The van der Waals surface area contributed by atoms with Crippen LogP contribution in [0.25, 0.3) is 0 Å². The Morgan fingerprint density at radius 2 is 2.40 bits per heavy atom. The number of hydrogen-bond donors (Lipinski definition) is 0. The molecule has 0 fully saturated rings. The maximum Gasteiger partial charge on any atom is 0.109 e. The quantitative estimate of drug-likeness (QED) is 0.693. The smallest absolute Gasteiger partial charge is 0.109 e. The Bertz CT molecular complexity index is 106. The van der Waals surface area contributed by atoms with Crippen LogP contribution in [0.3, 0.4) is 0 Å². The summed E-state index contributed by atoms with van der Waals surface area (Å²) in [6.07, 6.45) is -0.0428. The van der Waals surface area contributed by atoms with E-state index >= 15 is 0 Å². The van der Waals surface area contributed by atoms with Crippen molar-refractivity contribution in [2.75, 3.05) is 11.5 Å². The fourth-order valence-corrected chi connectivity index (χ4v) is 1.73. The molecule has 60 valence electrons. The molecule has 0 aliphatic heterocycles. The molecule has 0 saturated heterocycles. The van der Waals surface area contributed by atoms with E-state index in [-0.39, 0.29) is 0 Å². The first-order chi connectivity index (χ1) is 4.66. The van der Waals surface area contributed by atoms with Crippen LogP contribution in [0.5, 0.6) is 0 Å². The molecule has 0 aromatic carbocycles. The Balaban J connectivity index is 3.11. The molecule has 0 aliphatic carbocycles. The summed E-state index contributed by atoms with van der Waals surface area (Å²) < 4.78 is 13.4. The van der Waals surface area contributed by atoms with Crippen LogP contribution < -0.4 is 0 Å². The van der Waals surface area contributed by atoms with Crippen LogP contribution in [-0.4, -0.2) is 17.7 Å². The molecule has 0 amide bonds. The summed E-state index contributed by atoms with van der Waals surface area (Å²) in [6, 6.07) is 0. The van der Waals surface area contributed by atoms with E-state index in [1.807, 2.05) is 6.92 Å². The number of halogens is 2. The molecule has 10 heavy (non-hydrogen) atoms. The molecule has 0 aliphatic rings. The standard InChI is InChI=1S/C7H12BrFS/c1-3-7(9)5-10-4-6(2)8/h7H,2-5H2,1H3. The first-order valence-corrected chi connectivity index (χ1v) is 5.16. The van der Waals surface area contributed by atoms with E-state index in [0.717, 1.165) is 10.2 Å². The first-order valence-electron chi connectivity index (χ1n) is 3.22. The van der Waals surface area contributed by atoms with Crippen LogP contribution in [0.1, 0.15) is 13.3 Å². The molecule has 0 bridgehead atoms. The van der Waals surface area contributed by atoms with Gasteiger partial charge in [-0.1, -0.05) is 29.4 Å². The van der Waals surface area contributed by atoms with Gasteiger partial charge < -0.3 is 0 Å². The fraction of sp³-hybridized carbons (Fsp3) is 0.714. The van der Waals surface area contributed by atoms with Crippen LogP contribution in [0.2, 0.25) is 0 Å². The second-order valence-corrected chi connectivity index (χ2v) is 4.19. The zero-order chi connectivity index (χ0) is 7.98. The highest BCUT2D eigenvalue weighted by Gasteiger charge is 2.01. The van der Waals surface area contributed by atoms with Crippen molar-refractivity contribution >= 4 is 27.7 Å². The summed E-state index contributed by atoms with van der Waals surface area (Å²) in [5.74, 6) is 1.39. The summed E-state index contributed by atoms with van der Waals surface area (Å²) in [4.78, 5) is 0. The fourth-order valence-electron chi connectivity index (χ4n) is 0.415. The van der Waals surface area contributed by atoms with Gasteiger partial charge in [0.05, 0.1) is 0 Å². The summed E-state index contributed by atoms with van der Waals surface area (Å²) in [6.45, 7) is 5.51. The van der Waals surface area contributed by atoms with Gasteiger partial charge in [-0.05, 0) is 10.9 Å². The second kappa shape index (κ2) is 6.23. The lowest BCUT2D eigenvalue weighted by atomic mass is 10.3. The number of rotatable bonds is 5.